The quantitative estimate of drug-likeness (QED) is 0.112. The van der Waals surface area contributed by atoms with Gasteiger partial charge in [-0.1, -0.05) is 42.5 Å². The summed E-state index contributed by atoms with van der Waals surface area (Å²) in [5.74, 6) is 0.613. The molecule has 0 amide bonds. The molecule has 0 heterocycles. The number of aliphatic hydroxyl groups excluding tert-OH is 1. The molecule has 0 fully saturated rings. The van der Waals surface area contributed by atoms with Gasteiger partial charge in [-0.2, -0.15) is 0 Å². The van der Waals surface area contributed by atoms with Gasteiger partial charge in [0.2, 0.25) is 0 Å². The maximum absolute atomic E-state index is 10.8. The number of benzene rings is 2. The van der Waals surface area contributed by atoms with Crippen molar-refractivity contribution in [3.05, 3.63) is 75.8 Å². The van der Waals surface area contributed by atoms with Crippen LogP contribution in [-0.2, 0) is 11.3 Å². The third kappa shape index (κ3) is 9.20. The molecule has 0 aliphatic rings. The molecule has 0 spiro atoms. The number of halogens is 1. The van der Waals surface area contributed by atoms with Crippen LogP contribution < -0.4 is 10.6 Å². The van der Waals surface area contributed by atoms with Crippen molar-refractivity contribution >= 4 is 35.6 Å². The topological polar surface area (TPSA) is 109 Å². The van der Waals surface area contributed by atoms with Gasteiger partial charge in [0, 0.05) is 18.7 Å². The van der Waals surface area contributed by atoms with Crippen LogP contribution in [0, 0.1) is 10.1 Å². The molecule has 2 aromatic rings. The Morgan fingerprint density at radius 1 is 1.17 bits per heavy atom. The molecule has 1 unspecified atom stereocenters. The third-order valence-corrected chi connectivity index (χ3v) is 3.99. The smallest absolute Gasteiger partial charge is 0.269 e. The molecule has 0 saturated carbocycles. The SMILES string of the molecule is CC(NC(=NCc1ccc([N+](=O)[O-])cc1)NCCOCCO)c1ccccc1.I. The van der Waals surface area contributed by atoms with Gasteiger partial charge >= 0.3 is 0 Å². The van der Waals surface area contributed by atoms with Crippen LogP contribution in [0.15, 0.2) is 59.6 Å². The van der Waals surface area contributed by atoms with E-state index < -0.39 is 4.92 Å². The zero-order valence-corrected chi connectivity index (χ0v) is 18.6. The second kappa shape index (κ2) is 13.9. The normalized spacial score (nSPS) is 12.0. The molecule has 29 heavy (non-hydrogen) atoms. The van der Waals surface area contributed by atoms with Gasteiger partial charge in [-0.3, -0.25) is 10.1 Å². The fourth-order valence-electron chi connectivity index (χ4n) is 2.48. The van der Waals surface area contributed by atoms with Crippen molar-refractivity contribution in [2.45, 2.75) is 19.5 Å². The largest absolute Gasteiger partial charge is 0.394 e. The summed E-state index contributed by atoms with van der Waals surface area (Å²) in [5, 5.41) is 26.1. The predicted octanol–water partition coefficient (Wildman–Crippen LogP) is 3.02. The van der Waals surface area contributed by atoms with Crippen LogP contribution in [0.4, 0.5) is 5.69 Å². The highest BCUT2D eigenvalue weighted by Crippen LogP contribution is 2.13. The van der Waals surface area contributed by atoms with Crippen LogP contribution in [0.25, 0.3) is 0 Å². The Bertz CT molecular complexity index is 757. The van der Waals surface area contributed by atoms with Gasteiger partial charge in [0.15, 0.2) is 5.96 Å². The first-order valence-electron chi connectivity index (χ1n) is 9.12. The monoisotopic (exact) mass is 514 g/mol. The molecule has 0 bridgehead atoms. The molecule has 0 aliphatic heterocycles. The number of hydrogen-bond acceptors (Lipinski definition) is 5. The number of rotatable bonds is 10. The summed E-state index contributed by atoms with van der Waals surface area (Å²) >= 11 is 0. The fraction of sp³-hybridized carbons (Fsp3) is 0.350. The van der Waals surface area contributed by atoms with E-state index >= 15 is 0 Å². The molecule has 9 heteroatoms. The number of non-ortho nitro benzene ring substituents is 1. The average Bonchev–Trinajstić information content (AvgIpc) is 2.72. The number of aliphatic imine (C=N–C) groups is 1. The average molecular weight is 514 g/mol. The van der Waals surface area contributed by atoms with E-state index in [1.165, 1.54) is 12.1 Å². The summed E-state index contributed by atoms with van der Waals surface area (Å²) in [7, 11) is 0. The number of nitrogens with zero attached hydrogens (tertiary/aromatic N) is 2. The van der Waals surface area contributed by atoms with Gasteiger partial charge in [-0.25, -0.2) is 4.99 Å². The van der Waals surface area contributed by atoms with Crippen molar-refractivity contribution < 1.29 is 14.8 Å². The second-order valence-corrected chi connectivity index (χ2v) is 6.13. The van der Waals surface area contributed by atoms with E-state index in [1.54, 1.807) is 12.1 Å². The zero-order valence-electron chi connectivity index (χ0n) is 16.3. The van der Waals surface area contributed by atoms with E-state index in [9.17, 15) is 10.1 Å². The second-order valence-electron chi connectivity index (χ2n) is 6.13. The maximum Gasteiger partial charge on any atom is 0.269 e. The van der Waals surface area contributed by atoms with E-state index in [0.29, 0.717) is 32.3 Å². The maximum atomic E-state index is 10.8. The van der Waals surface area contributed by atoms with Crippen molar-refractivity contribution in [3.8, 4) is 0 Å². The fourth-order valence-corrected chi connectivity index (χ4v) is 2.48. The first-order chi connectivity index (χ1) is 13.6. The van der Waals surface area contributed by atoms with Crippen molar-refractivity contribution in [3.63, 3.8) is 0 Å². The number of hydrogen-bond donors (Lipinski definition) is 3. The van der Waals surface area contributed by atoms with Crippen molar-refractivity contribution in [1.82, 2.24) is 10.6 Å². The van der Waals surface area contributed by atoms with Crippen LogP contribution in [0.5, 0.6) is 0 Å². The molecule has 2 aromatic carbocycles. The van der Waals surface area contributed by atoms with Gasteiger partial charge in [-0.15, -0.1) is 24.0 Å². The highest BCUT2D eigenvalue weighted by molar-refractivity contribution is 14.0. The Kier molecular flexibility index (Phi) is 11.8. The molecule has 0 aliphatic carbocycles. The minimum atomic E-state index is -0.421. The van der Waals surface area contributed by atoms with Crippen molar-refractivity contribution in [2.24, 2.45) is 4.99 Å². The van der Waals surface area contributed by atoms with E-state index in [1.807, 2.05) is 37.3 Å². The highest BCUT2D eigenvalue weighted by Gasteiger charge is 2.08. The standard InChI is InChI=1S/C20H26N4O4.HI/c1-16(18-5-3-2-4-6-18)23-20(21-11-13-28-14-12-25)22-15-17-7-9-19(10-8-17)24(26)27;/h2-10,16,25H,11-15H2,1H3,(H2,21,22,23);1H. The Balaban J connectivity index is 0.00000420. The van der Waals surface area contributed by atoms with Crippen LogP contribution in [0.1, 0.15) is 24.1 Å². The van der Waals surface area contributed by atoms with Crippen molar-refractivity contribution in [2.75, 3.05) is 26.4 Å². The Morgan fingerprint density at radius 2 is 1.86 bits per heavy atom. The van der Waals surface area contributed by atoms with Gasteiger partial charge in [0.1, 0.15) is 0 Å². The third-order valence-electron chi connectivity index (χ3n) is 3.99. The molecule has 0 radical (unpaired) electrons. The summed E-state index contributed by atoms with van der Waals surface area (Å²) in [6, 6.07) is 16.4. The number of nitro benzene ring substituents is 1. The number of aliphatic hydroxyl groups is 1. The molecule has 158 valence electrons. The lowest BCUT2D eigenvalue weighted by molar-refractivity contribution is -0.384. The summed E-state index contributed by atoms with van der Waals surface area (Å²) < 4.78 is 5.26. The highest BCUT2D eigenvalue weighted by atomic mass is 127. The number of nitrogens with one attached hydrogen (secondary N) is 2. The van der Waals surface area contributed by atoms with Crippen LogP contribution in [-0.4, -0.2) is 42.4 Å². The minimum absolute atomic E-state index is 0. The molecule has 0 saturated heterocycles. The summed E-state index contributed by atoms with van der Waals surface area (Å²) in [4.78, 5) is 14.9. The van der Waals surface area contributed by atoms with Gasteiger partial charge in [0.05, 0.1) is 37.3 Å². The molecule has 0 aromatic heterocycles. The summed E-state index contributed by atoms with van der Waals surface area (Å²) in [6.45, 7) is 3.69. The lowest BCUT2D eigenvalue weighted by Gasteiger charge is -2.19. The number of guanidine groups is 1. The zero-order chi connectivity index (χ0) is 20.2. The molecule has 3 N–H and O–H groups in total. The lowest BCUT2D eigenvalue weighted by Crippen LogP contribution is -2.40. The lowest BCUT2D eigenvalue weighted by atomic mass is 10.1. The molecular weight excluding hydrogens is 487 g/mol. The first-order valence-corrected chi connectivity index (χ1v) is 9.12. The van der Waals surface area contributed by atoms with Gasteiger partial charge in [0.25, 0.3) is 5.69 Å². The molecule has 8 nitrogen and oxygen atoms in total. The minimum Gasteiger partial charge on any atom is -0.394 e. The molecule has 1 atom stereocenters. The Morgan fingerprint density at radius 3 is 2.48 bits per heavy atom. The van der Waals surface area contributed by atoms with E-state index in [-0.39, 0.29) is 42.3 Å². The molecule has 2 rings (SSSR count). The van der Waals surface area contributed by atoms with E-state index in [4.69, 9.17) is 9.84 Å². The van der Waals surface area contributed by atoms with Crippen molar-refractivity contribution in [1.29, 1.82) is 0 Å². The summed E-state index contributed by atoms with van der Waals surface area (Å²) in [5.41, 5.74) is 2.06. The molecular formula is C20H27IN4O4. The van der Waals surface area contributed by atoms with Gasteiger partial charge < -0.3 is 20.5 Å². The predicted molar refractivity (Wildman–Crippen MR) is 124 cm³/mol. The van der Waals surface area contributed by atoms with E-state index in [0.717, 1.165) is 11.1 Å². The van der Waals surface area contributed by atoms with E-state index in [2.05, 4.69) is 15.6 Å². The Labute approximate surface area is 187 Å². The summed E-state index contributed by atoms with van der Waals surface area (Å²) in [6.07, 6.45) is 0. The van der Waals surface area contributed by atoms with Crippen LogP contribution in [0.3, 0.4) is 0 Å². The Hall–Kier alpha value is -2.24. The number of nitro groups is 1. The van der Waals surface area contributed by atoms with Crippen LogP contribution >= 0.6 is 24.0 Å². The van der Waals surface area contributed by atoms with Gasteiger partial charge in [-0.05, 0) is 18.1 Å². The number of ether oxygens (including phenoxy) is 1. The van der Waals surface area contributed by atoms with Crippen LogP contribution in [0.2, 0.25) is 0 Å². The first kappa shape index (κ1) is 24.8.